The van der Waals surface area contributed by atoms with Crippen LogP contribution in [0.15, 0.2) is 47.4 Å². The monoisotopic (exact) mass is 260 g/mol. The van der Waals surface area contributed by atoms with Gasteiger partial charge in [-0.25, -0.2) is 0 Å². The molecule has 0 aliphatic rings. The van der Waals surface area contributed by atoms with Crippen molar-refractivity contribution >= 4 is 28.5 Å². The summed E-state index contributed by atoms with van der Waals surface area (Å²) in [6.07, 6.45) is 0. The highest BCUT2D eigenvalue weighted by Gasteiger charge is 2.13. The second-order valence-electron chi connectivity index (χ2n) is 4.24. The number of fused-ring (bicyclic) bond motifs is 1. The summed E-state index contributed by atoms with van der Waals surface area (Å²) >= 11 is 1.69. The second kappa shape index (κ2) is 5.91. The lowest BCUT2D eigenvalue weighted by Crippen LogP contribution is -2.14. The number of thioether (sulfide) groups is 1. The number of methoxy groups -OCH3 is 1. The Morgan fingerprint density at radius 3 is 2.67 bits per heavy atom. The van der Waals surface area contributed by atoms with Crippen molar-refractivity contribution < 1.29 is 9.53 Å². The van der Waals surface area contributed by atoms with Crippen LogP contribution < -0.4 is 0 Å². The van der Waals surface area contributed by atoms with Gasteiger partial charge < -0.3 is 4.74 Å². The zero-order valence-corrected chi connectivity index (χ0v) is 11.4. The van der Waals surface area contributed by atoms with Crippen LogP contribution in [0, 0.1) is 5.92 Å². The van der Waals surface area contributed by atoms with Crippen LogP contribution in [0.1, 0.15) is 6.92 Å². The minimum Gasteiger partial charge on any atom is -0.469 e. The largest absolute Gasteiger partial charge is 0.469 e. The first-order chi connectivity index (χ1) is 8.70. The molecule has 0 aliphatic heterocycles. The van der Waals surface area contributed by atoms with Gasteiger partial charge in [0.05, 0.1) is 13.0 Å². The van der Waals surface area contributed by atoms with E-state index >= 15 is 0 Å². The standard InChI is InChI=1S/C15H16O2S/c1-11(15(16)17-2)10-18-14-8-7-12-5-3-4-6-13(12)9-14/h3-9,11H,10H2,1-2H3. The van der Waals surface area contributed by atoms with Crippen LogP contribution in [-0.4, -0.2) is 18.8 Å². The molecule has 0 fully saturated rings. The molecule has 0 N–H and O–H groups in total. The number of esters is 1. The fourth-order valence-corrected chi connectivity index (χ4v) is 2.70. The summed E-state index contributed by atoms with van der Waals surface area (Å²) in [5, 5.41) is 2.47. The maximum absolute atomic E-state index is 11.3. The fraction of sp³-hybridized carbons (Fsp3) is 0.267. The van der Waals surface area contributed by atoms with E-state index in [0.29, 0.717) is 0 Å². The minimum absolute atomic E-state index is 0.0773. The molecular weight excluding hydrogens is 244 g/mol. The molecule has 0 saturated carbocycles. The zero-order valence-electron chi connectivity index (χ0n) is 10.6. The molecule has 1 unspecified atom stereocenters. The Morgan fingerprint density at radius 2 is 1.94 bits per heavy atom. The van der Waals surface area contributed by atoms with Gasteiger partial charge in [0.15, 0.2) is 0 Å². The van der Waals surface area contributed by atoms with Crippen LogP contribution in [0.3, 0.4) is 0 Å². The Balaban J connectivity index is 2.06. The fourth-order valence-electron chi connectivity index (χ4n) is 1.75. The second-order valence-corrected chi connectivity index (χ2v) is 5.34. The van der Waals surface area contributed by atoms with E-state index in [1.54, 1.807) is 11.8 Å². The quantitative estimate of drug-likeness (QED) is 0.619. The molecule has 0 spiro atoms. The summed E-state index contributed by atoms with van der Waals surface area (Å²) in [7, 11) is 1.43. The average Bonchev–Trinajstić information content (AvgIpc) is 2.43. The molecule has 0 aromatic heterocycles. The normalized spacial score (nSPS) is 12.3. The Hall–Kier alpha value is -1.48. The van der Waals surface area contributed by atoms with Crippen molar-refractivity contribution in [2.75, 3.05) is 12.9 Å². The highest BCUT2D eigenvalue weighted by atomic mass is 32.2. The SMILES string of the molecule is COC(=O)C(C)CSc1ccc2ccccc2c1. The van der Waals surface area contributed by atoms with E-state index in [1.165, 1.54) is 22.8 Å². The van der Waals surface area contributed by atoms with Crippen LogP contribution in [0.5, 0.6) is 0 Å². The Bertz CT molecular complexity index is 551. The van der Waals surface area contributed by atoms with Crippen LogP contribution in [0.4, 0.5) is 0 Å². The van der Waals surface area contributed by atoms with Crippen molar-refractivity contribution in [3.05, 3.63) is 42.5 Å². The van der Waals surface area contributed by atoms with Gasteiger partial charge in [0.2, 0.25) is 0 Å². The molecule has 0 radical (unpaired) electrons. The Kier molecular flexibility index (Phi) is 4.26. The molecule has 2 aromatic rings. The number of benzene rings is 2. The number of hydrogen-bond donors (Lipinski definition) is 0. The maximum atomic E-state index is 11.3. The van der Waals surface area contributed by atoms with Gasteiger partial charge in [0.1, 0.15) is 0 Å². The van der Waals surface area contributed by atoms with Crippen LogP contribution in [-0.2, 0) is 9.53 Å². The van der Waals surface area contributed by atoms with E-state index in [4.69, 9.17) is 4.74 Å². The minimum atomic E-state index is -0.150. The van der Waals surface area contributed by atoms with Gasteiger partial charge in [-0.2, -0.15) is 0 Å². The van der Waals surface area contributed by atoms with Crippen LogP contribution in [0.2, 0.25) is 0 Å². The number of ether oxygens (including phenoxy) is 1. The van der Waals surface area contributed by atoms with E-state index in [2.05, 4.69) is 30.3 Å². The van der Waals surface area contributed by atoms with E-state index in [-0.39, 0.29) is 11.9 Å². The molecular formula is C15H16O2S. The van der Waals surface area contributed by atoms with E-state index in [1.807, 2.05) is 19.1 Å². The molecule has 0 saturated heterocycles. The van der Waals surface area contributed by atoms with Crippen molar-refractivity contribution in [1.29, 1.82) is 0 Å². The van der Waals surface area contributed by atoms with Gasteiger partial charge >= 0.3 is 5.97 Å². The lowest BCUT2D eigenvalue weighted by Gasteiger charge is -2.09. The highest BCUT2D eigenvalue weighted by molar-refractivity contribution is 7.99. The van der Waals surface area contributed by atoms with E-state index < -0.39 is 0 Å². The lowest BCUT2D eigenvalue weighted by atomic mass is 10.1. The van der Waals surface area contributed by atoms with Crippen molar-refractivity contribution in [3.63, 3.8) is 0 Å². The van der Waals surface area contributed by atoms with Gasteiger partial charge in [0, 0.05) is 10.6 Å². The molecule has 94 valence electrons. The number of hydrogen-bond acceptors (Lipinski definition) is 3. The molecule has 2 aromatic carbocycles. The third-order valence-electron chi connectivity index (χ3n) is 2.82. The van der Waals surface area contributed by atoms with E-state index in [9.17, 15) is 4.79 Å². The van der Waals surface area contributed by atoms with Gasteiger partial charge in [-0.15, -0.1) is 11.8 Å². The van der Waals surface area contributed by atoms with Crippen LogP contribution >= 0.6 is 11.8 Å². The summed E-state index contributed by atoms with van der Waals surface area (Å²) in [5.41, 5.74) is 0. The summed E-state index contributed by atoms with van der Waals surface area (Å²) in [6, 6.07) is 14.6. The zero-order chi connectivity index (χ0) is 13.0. The Labute approximate surface area is 111 Å². The molecule has 0 aliphatic carbocycles. The van der Waals surface area contributed by atoms with Crippen molar-refractivity contribution in [1.82, 2.24) is 0 Å². The van der Waals surface area contributed by atoms with Gasteiger partial charge in [0.25, 0.3) is 0 Å². The van der Waals surface area contributed by atoms with Gasteiger partial charge in [-0.3, -0.25) is 4.79 Å². The summed E-state index contributed by atoms with van der Waals surface area (Å²) < 4.78 is 4.72. The Morgan fingerprint density at radius 1 is 1.22 bits per heavy atom. The first-order valence-corrected chi connectivity index (χ1v) is 6.88. The predicted molar refractivity (Wildman–Crippen MR) is 75.9 cm³/mol. The number of rotatable bonds is 4. The molecule has 2 nitrogen and oxygen atoms in total. The molecule has 2 rings (SSSR count). The van der Waals surface area contributed by atoms with Crippen LogP contribution in [0.25, 0.3) is 10.8 Å². The summed E-state index contributed by atoms with van der Waals surface area (Å²) in [6.45, 7) is 1.89. The summed E-state index contributed by atoms with van der Waals surface area (Å²) in [5.74, 6) is 0.514. The van der Waals surface area contributed by atoms with Crippen molar-refractivity contribution in [2.24, 2.45) is 5.92 Å². The third kappa shape index (κ3) is 3.05. The molecule has 3 heteroatoms. The van der Waals surface area contributed by atoms with Gasteiger partial charge in [-0.05, 0) is 22.9 Å². The van der Waals surface area contributed by atoms with E-state index in [0.717, 1.165) is 5.75 Å². The number of carbonyl (C=O) groups excluding carboxylic acids is 1. The maximum Gasteiger partial charge on any atom is 0.309 e. The van der Waals surface area contributed by atoms with Crippen molar-refractivity contribution in [3.8, 4) is 0 Å². The first-order valence-electron chi connectivity index (χ1n) is 5.90. The predicted octanol–water partition coefficient (Wildman–Crippen LogP) is 3.74. The molecule has 18 heavy (non-hydrogen) atoms. The van der Waals surface area contributed by atoms with Gasteiger partial charge in [-0.1, -0.05) is 37.3 Å². The third-order valence-corrected chi connectivity index (χ3v) is 4.08. The average molecular weight is 260 g/mol. The summed E-state index contributed by atoms with van der Waals surface area (Å²) in [4.78, 5) is 12.5. The molecule has 0 heterocycles. The molecule has 0 amide bonds. The molecule has 1 atom stereocenters. The topological polar surface area (TPSA) is 26.3 Å². The first kappa shape index (κ1) is 13.0. The highest BCUT2D eigenvalue weighted by Crippen LogP contribution is 2.25. The smallest absolute Gasteiger partial charge is 0.309 e. The lowest BCUT2D eigenvalue weighted by molar-refractivity contribution is -0.143. The number of carbonyl (C=O) groups is 1. The molecule has 0 bridgehead atoms. The van der Waals surface area contributed by atoms with Crippen molar-refractivity contribution in [2.45, 2.75) is 11.8 Å².